The van der Waals surface area contributed by atoms with Crippen molar-refractivity contribution >= 4 is 0 Å². The SMILES string of the molecule is CCC(C)(C)c1cc(C(C)C)c2c(c1C)COCO2. The Balaban J connectivity index is 2.67. The van der Waals surface area contributed by atoms with Crippen molar-refractivity contribution in [3.8, 4) is 5.75 Å². The normalized spacial score (nSPS) is 15.3. The Morgan fingerprint density at radius 2 is 2.00 bits per heavy atom. The van der Waals surface area contributed by atoms with Gasteiger partial charge in [0.15, 0.2) is 6.79 Å². The molecule has 1 aliphatic rings. The minimum Gasteiger partial charge on any atom is -0.467 e. The summed E-state index contributed by atoms with van der Waals surface area (Å²) in [5.74, 6) is 1.54. The molecule has 0 radical (unpaired) electrons. The minimum absolute atomic E-state index is 0.195. The Morgan fingerprint density at radius 1 is 1.32 bits per heavy atom. The van der Waals surface area contributed by atoms with Crippen molar-refractivity contribution in [1.29, 1.82) is 0 Å². The van der Waals surface area contributed by atoms with Crippen molar-refractivity contribution in [3.05, 3.63) is 28.3 Å². The summed E-state index contributed by atoms with van der Waals surface area (Å²) in [6.07, 6.45) is 1.13. The van der Waals surface area contributed by atoms with Gasteiger partial charge in [0.05, 0.1) is 6.61 Å². The molecule has 1 heterocycles. The lowest BCUT2D eigenvalue weighted by Crippen LogP contribution is -2.22. The number of rotatable bonds is 3. The van der Waals surface area contributed by atoms with Crippen LogP contribution in [0.4, 0.5) is 0 Å². The van der Waals surface area contributed by atoms with Gasteiger partial charge >= 0.3 is 0 Å². The van der Waals surface area contributed by atoms with Gasteiger partial charge in [0.25, 0.3) is 0 Å². The van der Waals surface area contributed by atoms with E-state index in [1.165, 1.54) is 22.3 Å². The van der Waals surface area contributed by atoms with Gasteiger partial charge in [0.1, 0.15) is 5.75 Å². The third-order valence-corrected chi connectivity index (χ3v) is 4.46. The van der Waals surface area contributed by atoms with E-state index in [4.69, 9.17) is 9.47 Å². The number of fused-ring (bicyclic) bond motifs is 1. The Morgan fingerprint density at radius 3 is 2.58 bits per heavy atom. The molecule has 2 nitrogen and oxygen atoms in total. The maximum absolute atomic E-state index is 5.78. The largest absolute Gasteiger partial charge is 0.467 e. The van der Waals surface area contributed by atoms with E-state index in [0.717, 1.165) is 12.2 Å². The quantitative estimate of drug-likeness (QED) is 0.788. The molecule has 0 saturated heterocycles. The van der Waals surface area contributed by atoms with Crippen LogP contribution in [-0.4, -0.2) is 6.79 Å². The zero-order chi connectivity index (χ0) is 14.2. The molecule has 1 aromatic carbocycles. The van der Waals surface area contributed by atoms with Gasteiger partial charge in [-0.1, -0.05) is 40.7 Å². The van der Waals surface area contributed by atoms with Crippen molar-refractivity contribution in [2.24, 2.45) is 0 Å². The van der Waals surface area contributed by atoms with Crippen LogP contribution in [0.25, 0.3) is 0 Å². The van der Waals surface area contributed by atoms with Gasteiger partial charge in [-0.15, -0.1) is 0 Å². The van der Waals surface area contributed by atoms with E-state index in [1.54, 1.807) is 0 Å². The third-order valence-electron chi connectivity index (χ3n) is 4.46. The number of hydrogen-bond acceptors (Lipinski definition) is 2. The molecular formula is C17H26O2. The van der Waals surface area contributed by atoms with E-state index in [9.17, 15) is 0 Å². The summed E-state index contributed by atoms with van der Waals surface area (Å²) in [5.41, 5.74) is 5.53. The molecular weight excluding hydrogens is 236 g/mol. The number of hydrogen-bond donors (Lipinski definition) is 0. The van der Waals surface area contributed by atoms with Crippen molar-refractivity contribution in [3.63, 3.8) is 0 Å². The summed E-state index contributed by atoms with van der Waals surface area (Å²) in [7, 11) is 0. The van der Waals surface area contributed by atoms with Crippen LogP contribution in [0.3, 0.4) is 0 Å². The second-order valence-electron chi connectivity index (χ2n) is 6.45. The molecule has 0 fully saturated rings. The zero-order valence-corrected chi connectivity index (χ0v) is 13.1. The highest BCUT2D eigenvalue weighted by Crippen LogP contribution is 2.41. The van der Waals surface area contributed by atoms with Crippen LogP contribution in [0.15, 0.2) is 6.07 Å². The lowest BCUT2D eigenvalue weighted by atomic mass is 9.76. The monoisotopic (exact) mass is 262 g/mol. The molecule has 2 heteroatoms. The van der Waals surface area contributed by atoms with Gasteiger partial charge in [0.2, 0.25) is 0 Å². The first kappa shape index (κ1) is 14.4. The Hall–Kier alpha value is -1.02. The first-order chi connectivity index (χ1) is 8.88. The molecule has 2 rings (SSSR count). The molecule has 0 bridgehead atoms. The molecule has 0 atom stereocenters. The van der Waals surface area contributed by atoms with E-state index in [-0.39, 0.29) is 5.41 Å². The maximum atomic E-state index is 5.78. The highest BCUT2D eigenvalue weighted by molar-refractivity contribution is 5.53. The highest BCUT2D eigenvalue weighted by Gasteiger charge is 2.27. The van der Waals surface area contributed by atoms with Crippen LogP contribution < -0.4 is 4.74 Å². The molecule has 0 saturated carbocycles. The Kier molecular flexibility index (Phi) is 3.91. The van der Waals surface area contributed by atoms with Crippen molar-refractivity contribution in [2.75, 3.05) is 6.79 Å². The predicted octanol–water partition coefficient (Wildman–Crippen LogP) is 4.67. The van der Waals surface area contributed by atoms with E-state index < -0.39 is 0 Å². The summed E-state index contributed by atoms with van der Waals surface area (Å²) < 4.78 is 11.3. The third kappa shape index (κ3) is 2.51. The molecule has 0 aliphatic carbocycles. The average molecular weight is 262 g/mol. The van der Waals surface area contributed by atoms with Crippen LogP contribution in [0.5, 0.6) is 5.75 Å². The molecule has 0 spiro atoms. The Labute approximate surface area is 117 Å². The summed E-state index contributed by atoms with van der Waals surface area (Å²) in [6, 6.07) is 2.35. The molecule has 0 unspecified atom stereocenters. The van der Waals surface area contributed by atoms with Crippen LogP contribution in [0, 0.1) is 6.92 Å². The lowest BCUT2D eigenvalue weighted by Gasteiger charge is -2.32. The standard InChI is InChI=1S/C17H26O2/c1-7-17(5,6)15-8-13(11(2)3)16-14(12(15)4)9-18-10-19-16/h8,11H,7,9-10H2,1-6H3. The van der Waals surface area contributed by atoms with E-state index in [0.29, 0.717) is 19.3 Å². The molecule has 1 aromatic rings. The van der Waals surface area contributed by atoms with Crippen molar-refractivity contribution in [2.45, 2.75) is 65.9 Å². The highest BCUT2D eigenvalue weighted by atomic mass is 16.7. The summed E-state index contributed by atoms with van der Waals surface area (Å²) in [4.78, 5) is 0. The number of ether oxygens (including phenoxy) is 2. The van der Waals surface area contributed by atoms with Crippen molar-refractivity contribution < 1.29 is 9.47 Å². The first-order valence-corrected chi connectivity index (χ1v) is 7.26. The fourth-order valence-corrected chi connectivity index (χ4v) is 2.75. The zero-order valence-electron chi connectivity index (χ0n) is 13.1. The van der Waals surface area contributed by atoms with Gasteiger partial charge in [-0.3, -0.25) is 0 Å². The molecule has 0 N–H and O–H groups in total. The molecule has 1 aliphatic heterocycles. The van der Waals surface area contributed by atoms with Crippen LogP contribution >= 0.6 is 0 Å². The lowest BCUT2D eigenvalue weighted by molar-refractivity contribution is -0.0176. The maximum Gasteiger partial charge on any atom is 0.189 e. The number of benzene rings is 1. The molecule has 19 heavy (non-hydrogen) atoms. The van der Waals surface area contributed by atoms with Crippen molar-refractivity contribution in [1.82, 2.24) is 0 Å². The molecule has 0 amide bonds. The second-order valence-corrected chi connectivity index (χ2v) is 6.45. The summed E-state index contributed by atoms with van der Waals surface area (Å²) in [5, 5.41) is 0. The Bertz CT molecular complexity index is 473. The summed E-state index contributed by atoms with van der Waals surface area (Å²) >= 11 is 0. The average Bonchev–Trinajstić information content (AvgIpc) is 2.38. The van der Waals surface area contributed by atoms with Gasteiger partial charge in [-0.2, -0.15) is 0 Å². The fourth-order valence-electron chi connectivity index (χ4n) is 2.75. The first-order valence-electron chi connectivity index (χ1n) is 7.26. The predicted molar refractivity (Wildman–Crippen MR) is 78.9 cm³/mol. The molecule has 0 aromatic heterocycles. The topological polar surface area (TPSA) is 18.5 Å². The molecule has 106 valence electrons. The van der Waals surface area contributed by atoms with Gasteiger partial charge < -0.3 is 9.47 Å². The summed E-state index contributed by atoms with van der Waals surface area (Å²) in [6.45, 7) is 14.6. The van der Waals surface area contributed by atoms with Gasteiger partial charge in [-0.25, -0.2) is 0 Å². The van der Waals surface area contributed by atoms with Crippen LogP contribution in [0.1, 0.15) is 69.2 Å². The fraction of sp³-hybridized carbons (Fsp3) is 0.647. The van der Waals surface area contributed by atoms with E-state index in [2.05, 4.69) is 47.6 Å². The van der Waals surface area contributed by atoms with Gasteiger partial charge in [0, 0.05) is 5.56 Å². The van der Waals surface area contributed by atoms with Crippen LogP contribution in [0.2, 0.25) is 0 Å². The smallest absolute Gasteiger partial charge is 0.189 e. The van der Waals surface area contributed by atoms with E-state index >= 15 is 0 Å². The van der Waals surface area contributed by atoms with Gasteiger partial charge in [-0.05, 0) is 41.4 Å². The van der Waals surface area contributed by atoms with E-state index in [1.807, 2.05) is 0 Å². The second kappa shape index (κ2) is 5.16. The minimum atomic E-state index is 0.195. The van der Waals surface area contributed by atoms with Crippen LogP contribution in [-0.2, 0) is 16.8 Å².